The first kappa shape index (κ1) is 12.3. The van der Waals surface area contributed by atoms with Gasteiger partial charge in [0.25, 0.3) is 5.91 Å². The van der Waals surface area contributed by atoms with Crippen LogP contribution in [-0.2, 0) is 12.8 Å². The Bertz CT molecular complexity index is 592. The van der Waals surface area contributed by atoms with E-state index in [0.717, 1.165) is 18.5 Å². The number of hydrogen-bond acceptors (Lipinski definition) is 4. The molecule has 2 aromatic heterocycles. The van der Waals surface area contributed by atoms with Crippen molar-refractivity contribution in [1.29, 1.82) is 0 Å². The second-order valence-corrected chi connectivity index (χ2v) is 6.05. The summed E-state index contributed by atoms with van der Waals surface area (Å²) in [5.41, 5.74) is 1.58. The molecule has 5 nitrogen and oxygen atoms in total. The first-order valence-electron chi connectivity index (χ1n) is 6.48. The second kappa shape index (κ2) is 4.77. The molecule has 3 rings (SSSR count). The van der Waals surface area contributed by atoms with E-state index in [1.165, 1.54) is 11.3 Å². The van der Waals surface area contributed by atoms with Gasteiger partial charge in [0, 0.05) is 17.1 Å². The molecule has 6 heteroatoms. The minimum atomic E-state index is -0.188. The molecule has 0 saturated heterocycles. The third kappa shape index (κ3) is 2.40. The van der Waals surface area contributed by atoms with Gasteiger partial charge < -0.3 is 0 Å². The van der Waals surface area contributed by atoms with E-state index in [4.69, 9.17) is 0 Å². The number of carbonyl (C=O) groups is 1. The molecule has 0 aliphatic heterocycles. The van der Waals surface area contributed by atoms with Crippen molar-refractivity contribution in [3.63, 3.8) is 0 Å². The van der Waals surface area contributed by atoms with Crippen molar-refractivity contribution in [3.8, 4) is 0 Å². The van der Waals surface area contributed by atoms with Crippen molar-refractivity contribution < 1.29 is 4.79 Å². The molecule has 0 saturated carbocycles. The Morgan fingerprint density at radius 2 is 2.32 bits per heavy atom. The van der Waals surface area contributed by atoms with Crippen molar-refractivity contribution in [2.45, 2.75) is 39.2 Å². The molecule has 1 aliphatic rings. The van der Waals surface area contributed by atoms with E-state index in [9.17, 15) is 4.79 Å². The second-order valence-electron chi connectivity index (χ2n) is 4.97. The summed E-state index contributed by atoms with van der Waals surface area (Å²) in [4.78, 5) is 17.8. The van der Waals surface area contributed by atoms with E-state index >= 15 is 0 Å². The van der Waals surface area contributed by atoms with Gasteiger partial charge in [-0.05, 0) is 39.2 Å². The SMILES string of the molecule is CC(C)n1ccc(C(=O)Nc2nc3c(s2)CCC3)n1. The van der Waals surface area contributed by atoms with Gasteiger partial charge in [-0.15, -0.1) is 11.3 Å². The van der Waals surface area contributed by atoms with Crippen molar-refractivity contribution in [3.05, 3.63) is 28.5 Å². The molecule has 19 heavy (non-hydrogen) atoms. The highest BCUT2D eigenvalue weighted by molar-refractivity contribution is 7.15. The third-order valence-electron chi connectivity index (χ3n) is 3.19. The first-order valence-corrected chi connectivity index (χ1v) is 7.30. The largest absolute Gasteiger partial charge is 0.296 e. The number of anilines is 1. The van der Waals surface area contributed by atoms with Crippen LogP contribution < -0.4 is 5.32 Å². The molecule has 0 atom stereocenters. The zero-order valence-electron chi connectivity index (χ0n) is 11.0. The summed E-state index contributed by atoms with van der Waals surface area (Å²) in [5.74, 6) is -0.188. The maximum Gasteiger partial charge on any atom is 0.277 e. The Hall–Kier alpha value is -1.69. The van der Waals surface area contributed by atoms with Crippen LogP contribution in [-0.4, -0.2) is 20.7 Å². The molecule has 0 radical (unpaired) electrons. The number of rotatable bonds is 3. The van der Waals surface area contributed by atoms with E-state index in [1.54, 1.807) is 22.1 Å². The lowest BCUT2D eigenvalue weighted by Gasteiger charge is -2.03. The van der Waals surface area contributed by atoms with Crippen LogP contribution in [0.2, 0.25) is 0 Å². The lowest BCUT2D eigenvalue weighted by Crippen LogP contribution is -2.13. The van der Waals surface area contributed by atoms with Gasteiger partial charge in [-0.3, -0.25) is 14.8 Å². The standard InChI is InChI=1S/C13H16N4OS/c1-8(2)17-7-6-10(16-17)12(18)15-13-14-9-4-3-5-11(9)19-13/h6-8H,3-5H2,1-2H3,(H,14,15,18). The summed E-state index contributed by atoms with van der Waals surface area (Å²) in [6, 6.07) is 1.99. The summed E-state index contributed by atoms with van der Waals surface area (Å²) >= 11 is 1.58. The van der Waals surface area contributed by atoms with Crippen LogP contribution in [0.4, 0.5) is 5.13 Å². The number of aryl methyl sites for hydroxylation is 2. The van der Waals surface area contributed by atoms with E-state index in [2.05, 4.69) is 15.4 Å². The molecule has 0 bridgehead atoms. The summed E-state index contributed by atoms with van der Waals surface area (Å²) in [7, 11) is 0. The smallest absolute Gasteiger partial charge is 0.277 e. The normalized spacial score (nSPS) is 13.8. The Morgan fingerprint density at radius 3 is 3.00 bits per heavy atom. The molecule has 0 fully saturated rings. The van der Waals surface area contributed by atoms with Crippen LogP contribution in [0.15, 0.2) is 12.3 Å². The van der Waals surface area contributed by atoms with Crippen LogP contribution in [0, 0.1) is 0 Å². The first-order chi connectivity index (χ1) is 9.13. The average molecular weight is 276 g/mol. The van der Waals surface area contributed by atoms with Gasteiger partial charge in [-0.2, -0.15) is 5.10 Å². The Kier molecular flexibility index (Phi) is 3.10. The minimum absolute atomic E-state index is 0.188. The highest BCUT2D eigenvalue weighted by atomic mass is 32.1. The highest BCUT2D eigenvalue weighted by Gasteiger charge is 2.19. The maximum absolute atomic E-state index is 12.1. The molecule has 1 amide bonds. The molecular formula is C13H16N4OS. The van der Waals surface area contributed by atoms with Gasteiger partial charge in [0.15, 0.2) is 10.8 Å². The number of aromatic nitrogens is 3. The van der Waals surface area contributed by atoms with Crippen molar-refractivity contribution in [1.82, 2.24) is 14.8 Å². The fourth-order valence-corrected chi connectivity index (χ4v) is 3.20. The zero-order chi connectivity index (χ0) is 13.4. The molecular weight excluding hydrogens is 260 g/mol. The predicted molar refractivity (Wildman–Crippen MR) is 74.7 cm³/mol. The van der Waals surface area contributed by atoms with Crippen LogP contribution in [0.5, 0.6) is 0 Å². The number of thiazole rings is 1. The van der Waals surface area contributed by atoms with E-state index < -0.39 is 0 Å². The quantitative estimate of drug-likeness (QED) is 0.937. The molecule has 2 heterocycles. The van der Waals surface area contributed by atoms with Gasteiger partial charge in [-0.1, -0.05) is 0 Å². The van der Waals surface area contributed by atoms with Crippen molar-refractivity contribution in [2.24, 2.45) is 0 Å². The van der Waals surface area contributed by atoms with Gasteiger partial charge in [0.2, 0.25) is 0 Å². The molecule has 100 valence electrons. The minimum Gasteiger partial charge on any atom is -0.296 e. The maximum atomic E-state index is 12.1. The number of fused-ring (bicyclic) bond motifs is 1. The molecule has 0 unspecified atom stereocenters. The lowest BCUT2D eigenvalue weighted by atomic mass is 10.4. The Balaban J connectivity index is 1.73. The molecule has 2 aromatic rings. The topological polar surface area (TPSA) is 59.8 Å². The number of nitrogens with zero attached hydrogens (tertiary/aromatic N) is 3. The van der Waals surface area contributed by atoms with Crippen LogP contribution in [0.25, 0.3) is 0 Å². The fraction of sp³-hybridized carbons (Fsp3) is 0.462. The van der Waals surface area contributed by atoms with Crippen LogP contribution in [0.3, 0.4) is 0 Å². The number of carbonyl (C=O) groups excluding carboxylic acids is 1. The number of hydrogen-bond donors (Lipinski definition) is 1. The Morgan fingerprint density at radius 1 is 1.47 bits per heavy atom. The van der Waals surface area contributed by atoms with Crippen LogP contribution in [0.1, 0.15) is 47.4 Å². The Labute approximate surface area is 115 Å². The van der Waals surface area contributed by atoms with Gasteiger partial charge in [-0.25, -0.2) is 4.98 Å². The number of amides is 1. The van der Waals surface area contributed by atoms with Crippen molar-refractivity contribution >= 4 is 22.4 Å². The summed E-state index contributed by atoms with van der Waals surface area (Å²) in [6.45, 7) is 4.06. The predicted octanol–water partition coefficient (Wildman–Crippen LogP) is 2.66. The van der Waals surface area contributed by atoms with E-state index in [-0.39, 0.29) is 11.9 Å². The summed E-state index contributed by atoms with van der Waals surface area (Å²) < 4.78 is 1.77. The molecule has 1 N–H and O–H groups in total. The lowest BCUT2D eigenvalue weighted by molar-refractivity contribution is 0.102. The fourth-order valence-electron chi connectivity index (χ4n) is 2.15. The average Bonchev–Trinajstić information content (AvgIpc) is 3.02. The molecule has 0 aromatic carbocycles. The van der Waals surface area contributed by atoms with Crippen molar-refractivity contribution in [2.75, 3.05) is 5.32 Å². The van der Waals surface area contributed by atoms with E-state index in [0.29, 0.717) is 10.8 Å². The third-order valence-corrected chi connectivity index (χ3v) is 4.26. The van der Waals surface area contributed by atoms with Gasteiger partial charge in [0.05, 0.1) is 5.69 Å². The monoisotopic (exact) mass is 276 g/mol. The molecule has 0 spiro atoms. The van der Waals surface area contributed by atoms with Gasteiger partial charge in [0.1, 0.15) is 0 Å². The highest BCUT2D eigenvalue weighted by Crippen LogP contribution is 2.30. The summed E-state index contributed by atoms with van der Waals surface area (Å²) in [6.07, 6.45) is 5.12. The molecule has 1 aliphatic carbocycles. The number of nitrogens with one attached hydrogen (secondary N) is 1. The van der Waals surface area contributed by atoms with Gasteiger partial charge >= 0.3 is 0 Å². The summed E-state index contributed by atoms with van der Waals surface area (Å²) in [5, 5.41) is 7.77. The van der Waals surface area contributed by atoms with E-state index in [1.807, 2.05) is 20.0 Å². The van der Waals surface area contributed by atoms with Crippen LogP contribution >= 0.6 is 11.3 Å². The zero-order valence-corrected chi connectivity index (χ0v) is 11.8.